The maximum Gasteiger partial charge on any atom is 0.324 e. The standard InChI is InChI=1S/C19H21N3O2/c1-14(18(23)22-13-12-20-19(22)24)21-17(15-8-4-2-5-9-15)16-10-6-3-7-11-16/h2-11,14,17,21H,12-13H2,1H3,(H,20,24)/p+1/t14-/m1/s1. The second kappa shape index (κ2) is 7.27. The number of urea groups is 1. The lowest BCUT2D eigenvalue weighted by Gasteiger charge is -2.22. The van der Waals surface area contributed by atoms with E-state index >= 15 is 0 Å². The van der Waals surface area contributed by atoms with Gasteiger partial charge in [-0.05, 0) is 6.92 Å². The SMILES string of the molecule is C[C@@H]([NH2+]C(c1ccccc1)c1ccccc1)C(=O)N1CCNC1=O. The number of quaternary nitrogens is 1. The van der Waals surface area contributed by atoms with Crippen molar-refractivity contribution in [1.29, 1.82) is 0 Å². The zero-order chi connectivity index (χ0) is 16.9. The summed E-state index contributed by atoms with van der Waals surface area (Å²) >= 11 is 0. The van der Waals surface area contributed by atoms with E-state index in [9.17, 15) is 9.59 Å². The first-order valence-corrected chi connectivity index (χ1v) is 8.21. The van der Waals surface area contributed by atoms with E-state index in [0.29, 0.717) is 13.1 Å². The minimum Gasteiger partial charge on any atom is -0.336 e. The quantitative estimate of drug-likeness (QED) is 0.870. The summed E-state index contributed by atoms with van der Waals surface area (Å²) in [5, 5.41) is 4.70. The first-order chi connectivity index (χ1) is 11.7. The number of nitrogens with one attached hydrogen (secondary N) is 1. The molecule has 5 nitrogen and oxygen atoms in total. The van der Waals surface area contributed by atoms with Crippen molar-refractivity contribution in [2.45, 2.75) is 19.0 Å². The van der Waals surface area contributed by atoms with E-state index in [1.807, 2.05) is 48.6 Å². The van der Waals surface area contributed by atoms with Crippen LogP contribution in [0.15, 0.2) is 60.7 Å². The molecule has 0 spiro atoms. The van der Waals surface area contributed by atoms with Crippen molar-refractivity contribution in [2.75, 3.05) is 13.1 Å². The molecule has 5 heteroatoms. The molecule has 1 aliphatic rings. The maximum atomic E-state index is 12.6. The summed E-state index contributed by atoms with van der Waals surface area (Å²) in [6.45, 7) is 2.82. The average molecular weight is 324 g/mol. The van der Waals surface area contributed by atoms with Crippen LogP contribution in [-0.2, 0) is 4.79 Å². The smallest absolute Gasteiger partial charge is 0.324 e. The van der Waals surface area contributed by atoms with E-state index in [1.54, 1.807) is 0 Å². The molecule has 1 atom stereocenters. The van der Waals surface area contributed by atoms with Crippen LogP contribution in [0.1, 0.15) is 24.1 Å². The minimum absolute atomic E-state index is 0.0111. The zero-order valence-electron chi connectivity index (χ0n) is 13.7. The summed E-state index contributed by atoms with van der Waals surface area (Å²) in [4.78, 5) is 25.6. The van der Waals surface area contributed by atoms with Crippen LogP contribution in [0.5, 0.6) is 0 Å². The molecule has 1 saturated heterocycles. The number of nitrogens with zero attached hydrogens (tertiary/aromatic N) is 1. The highest BCUT2D eigenvalue weighted by molar-refractivity contribution is 5.97. The van der Waals surface area contributed by atoms with E-state index in [1.165, 1.54) is 4.90 Å². The van der Waals surface area contributed by atoms with E-state index in [0.717, 1.165) is 11.1 Å². The third kappa shape index (κ3) is 3.46. The van der Waals surface area contributed by atoms with Crippen molar-refractivity contribution in [1.82, 2.24) is 10.2 Å². The topological polar surface area (TPSA) is 66.0 Å². The lowest BCUT2D eigenvalue weighted by molar-refractivity contribution is -0.705. The van der Waals surface area contributed by atoms with Gasteiger partial charge in [0.2, 0.25) is 0 Å². The second-order valence-electron chi connectivity index (χ2n) is 6.00. The van der Waals surface area contributed by atoms with Gasteiger partial charge < -0.3 is 10.6 Å². The molecule has 0 aromatic heterocycles. The fourth-order valence-electron chi connectivity index (χ4n) is 3.03. The highest BCUT2D eigenvalue weighted by Gasteiger charge is 2.33. The predicted octanol–water partition coefficient (Wildman–Crippen LogP) is 1.28. The summed E-state index contributed by atoms with van der Waals surface area (Å²) < 4.78 is 0. The first kappa shape index (κ1) is 16.2. The lowest BCUT2D eigenvalue weighted by atomic mass is 9.98. The van der Waals surface area contributed by atoms with Crippen LogP contribution >= 0.6 is 0 Å². The third-order valence-corrected chi connectivity index (χ3v) is 4.31. The Balaban J connectivity index is 1.82. The third-order valence-electron chi connectivity index (χ3n) is 4.31. The van der Waals surface area contributed by atoms with Gasteiger partial charge in [0.15, 0.2) is 6.04 Å². The van der Waals surface area contributed by atoms with Crippen molar-refractivity contribution in [2.24, 2.45) is 0 Å². The van der Waals surface area contributed by atoms with Gasteiger partial charge in [-0.1, -0.05) is 60.7 Å². The van der Waals surface area contributed by atoms with Crippen molar-refractivity contribution in [3.05, 3.63) is 71.8 Å². The van der Waals surface area contributed by atoms with Crippen LogP contribution in [0.25, 0.3) is 0 Å². The fourth-order valence-corrected chi connectivity index (χ4v) is 3.03. The van der Waals surface area contributed by atoms with Gasteiger partial charge in [-0.15, -0.1) is 0 Å². The molecule has 1 fully saturated rings. The molecule has 0 aliphatic carbocycles. The molecule has 124 valence electrons. The molecule has 1 aliphatic heterocycles. The molecule has 1 heterocycles. The summed E-state index contributed by atoms with van der Waals surface area (Å²) in [7, 11) is 0. The number of nitrogens with two attached hydrogens (primary N) is 1. The average Bonchev–Trinajstić information content (AvgIpc) is 3.06. The molecule has 3 amide bonds. The van der Waals surface area contributed by atoms with Crippen LogP contribution in [0.3, 0.4) is 0 Å². The van der Waals surface area contributed by atoms with Gasteiger partial charge in [0.1, 0.15) is 6.04 Å². The minimum atomic E-state index is -0.348. The number of hydrogen-bond donors (Lipinski definition) is 2. The number of carbonyl (C=O) groups excluding carboxylic acids is 2. The number of carbonyl (C=O) groups is 2. The van der Waals surface area contributed by atoms with Crippen LogP contribution in [0.4, 0.5) is 4.79 Å². The van der Waals surface area contributed by atoms with Crippen molar-refractivity contribution in [3.63, 3.8) is 0 Å². The molecule has 0 unspecified atom stereocenters. The number of imide groups is 1. The lowest BCUT2D eigenvalue weighted by Crippen LogP contribution is -2.92. The summed E-state index contributed by atoms with van der Waals surface area (Å²) in [6.07, 6.45) is 0. The molecular weight excluding hydrogens is 302 g/mol. The van der Waals surface area contributed by atoms with E-state index in [-0.39, 0.29) is 24.0 Å². The molecule has 2 aromatic carbocycles. The Morgan fingerprint density at radius 3 is 2.04 bits per heavy atom. The Hall–Kier alpha value is -2.66. The highest BCUT2D eigenvalue weighted by atomic mass is 16.2. The molecule has 24 heavy (non-hydrogen) atoms. The van der Waals surface area contributed by atoms with Gasteiger partial charge in [0.25, 0.3) is 5.91 Å². The van der Waals surface area contributed by atoms with E-state index in [4.69, 9.17) is 0 Å². The molecular formula is C19H22N3O2+. The summed E-state index contributed by atoms with van der Waals surface area (Å²) in [6, 6.07) is 19.6. The number of benzene rings is 2. The molecule has 3 N–H and O–H groups in total. The number of rotatable bonds is 5. The molecule has 3 rings (SSSR count). The zero-order valence-corrected chi connectivity index (χ0v) is 13.7. The molecule has 0 bridgehead atoms. The van der Waals surface area contributed by atoms with Gasteiger partial charge in [0.05, 0.1) is 0 Å². The highest BCUT2D eigenvalue weighted by Crippen LogP contribution is 2.18. The molecule has 2 aromatic rings. The van der Waals surface area contributed by atoms with Crippen molar-refractivity contribution < 1.29 is 14.9 Å². The second-order valence-corrected chi connectivity index (χ2v) is 6.00. The Morgan fingerprint density at radius 2 is 1.58 bits per heavy atom. The number of amides is 3. The van der Waals surface area contributed by atoms with Gasteiger partial charge in [-0.3, -0.25) is 9.69 Å². The van der Waals surface area contributed by atoms with E-state index in [2.05, 4.69) is 29.6 Å². The molecule has 0 radical (unpaired) electrons. The largest absolute Gasteiger partial charge is 0.336 e. The normalized spacial score (nSPS) is 15.4. The first-order valence-electron chi connectivity index (χ1n) is 8.21. The Morgan fingerprint density at radius 1 is 1.04 bits per heavy atom. The summed E-state index contributed by atoms with van der Waals surface area (Å²) in [5.41, 5.74) is 2.27. The van der Waals surface area contributed by atoms with Crippen LogP contribution in [-0.4, -0.2) is 36.0 Å². The van der Waals surface area contributed by atoms with Crippen molar-refractivity contribution in [3.8, 4) is 0 Å². The van der Waals surface area contributed by atoms with Crippen molar-refractivity contribution >= 4 is 11.9 Å². The Kier molecular flexibility index (Phi) is 4.91. The Bertz CT molecular complexity index is 664. The molecule has 0 saturated carbocycles. The number of hydrogen-bond acceptors (Lipinski definition) is 2. The van der Waals surface area contributed by atoms with Crippen LogP contribution in [0, 0.1) is 0 Å². The Labute approximate surface area is 141 Å². The predicted molar refractivity (Wildman–Crippen MR) is 91.2 cm³/mol. The van der Waals surface area contributed by atoms with Gasteiger partial charge in [-0.25, -0.2) is 4.79 Å². The van der Waals surface area contributed by atoms with E-state index < -0.39 is 0 Å². The van der Waals surface area contributed by atoms with Gasteiger partial charge >= 0.3 is 6.03 Å². The van der Waals surface area contributed by atoms with Gasteiger partial charge in [-0.2, -0.15) is 0 Å². The van der Waals surface area contributed by atoms with Crippen LogP contribution in [0.2, 0.25) is 0 Å². The fraction of sp³-hybridized carbons (Fsp3) is 0.263. The monoisotopic (exact) mass is 324 g/mol. The summed E-state index contributed by atoms with van der Waals surface area (Å²) in [5.74, 6) is -0.151. The maximum absolute atomic E-state index is 12.6. The van der Waals surface area contributed by atoms with Gasteiger partial charge in [0, 0.05) is 24.2 Å². The van der Waals surface area contributed by atoms with Crippen LogP contribution < -0.4 is 10.6 Å².